The van der Waals surface area contributed by atoms with Gasteiger partial charge in [-0.15, -0.1) is 0 Å². The number of carbonyl (C=O) groups excluding carboxylic acids is 1. The Labute approximate surface area is 153 Å². The van der Waals surface area contributed by atoms with Gasteiger partial charge in [0, 0.05) is 5.69 Å². The van der Waals surface area contributed by atoms with Gasteiger partial charge in [0.2, 0.25) is 5.91 Å². The molecule has 0 aliphatic heterocycles. The van der Waals surface area contributed by atoms with Crippen LogP contribution in [0.2, 0.25) is 0 Å². The van der Waals surface area contributed by atoms with E-state index in [1.165, 1.54) is 0 Å². The van der Waals surface area contributed by atoms with Crippen molar-refractivity contribution in [1.82, 2.24) is 0 Å². The van der Waals surface area contributed by atoms with Crippen molar-refractivity contribution in [2.45, 2.75) is 19.1 Å². The molecule has 0 aliphatic rings. The lowest BCUT2D eigenvalue weighted by molar-refractivity contribution is -0.117. The maximum Gasteiger partial charge on any atom is 0.241 e. The molecular weight excluding hydrogens is 324 g/mol. The lowest BCUT2D eigenvalue weighted by Crippen LogP contribution is -2.37. The van der Waals surface area contributed by atoms with Crippen molar-refractivity contribution in [3.63, 3.8) is 0 Å². The Morgan fingerprint density at radius 3 is 2.04 bits per heavy atom. The summed E-state index contributed by atoms with van der Waals surface area (Å²) >= 11 is 0. The predicted octanol–water partition coefficient (Wildman–Crippen LogP) is 3.77. The van der Waals surface area contributed by atoms with Crippen LogP contribution in [0.15, 0.2) is 84.9 Å². The van der Waals surface area contributed by atoms with Crippen LogP contribution < -0.4 is 15.8 Å². The third-order valence-corrected chi connectivity index (χ3v) is 4.01. The molecule has 26 heavy (non-hydrogen) atoms. The van der Waals surface area contributed by atoms with Crippen LogP contribution in [0.4, 0.5) is 5.69 Å². The highest BCUT2D eigenvalue weighted by molar-refractivity contribution is 5.94. The van der Waals surface area contributed by atoms with Crippen molar-refractivity contribution in [3.8, 4) is 5.75 Å². The number of amides is 1. The summed E-state index contributed by atoms with van der Waals surface area (Å²) in [5.74, 6) is 0.548. The molecule has 4 nitrogen and oxygen atoms in total. The molecule has 1 atom stereocenters. The van der Waals surface area contributed by atoms with E-state index in [0.717, 1.165) is 16.9 Å². The van der Waals surface area contributed by atoms with E-state index >= 15 is 0 Å². The van der Waals surface area contributed by atoms with E-state index < -0.39 is 6.04 Å². The normalized spacial score (nSPS) is 11.6. The molecule has 0 aromatic heterocycles. The monoisotopic (exact) mass is 346 g/mol. The molecule has 0 saturated heterocycles. The molecule has 0 spiro atoms. The van der Waals surface area contributed by atoms with Crippen molar-refractivity contribution >= 4 is 11.6 Å². The van der Waals surface area contributed by atoms with Gasteiger partial charge in [-0.1, -0.05) is 60.7 Å². The molecule has 132 valence electrons. The quantitative estimate of drug-likeness (QED) is 0.684. The number of benzene rings is 3. The number of hydrogen-bond acceptors (Lipinski definition) is 3. The van der Waals surface area contributed by atoms with Gasteiger partial charge < -0.3 is 15.8 Å². The fourth-order valence-electron chi connectivity index (χ4n) is 2.57. The van der Waals surface area contributed by atoms with Crippen molar-refractivity contribution in [2.75, 3.05) is 5.32 Å². The third-order valence-electron chi connectivity index (χ3n) is 4.01. The molecule has 0 fully saturated rings. The standard InChI is InChI=1S/C22H22N2O2/c23-21(15-17-7-3-1-4-8-17)22(25)24-19-11-13-20(14-12-19)26-16-18-9-5-2-6-10-18/h1-14,21H,15-16,23H2,(H,24,25)/t21-/m0/s1. The maximum atomic E-state index is 12.2. The first-order valence-electron chi connectivity index (χ1n) is 8.58. The summed E-state index contributed by atoms with van der Waals surface area (Å²) in [5, 5.41) is 2.84. The Kier molecular flexibility index (Phi) is 6.01. The summed E-state index contributed by atoms with van der Waals surface area (Å²) < 4.78 is 5.74. The summed E-state index contributed by atoms with van der Waals surface area (Å²) in [6.45, 7) is 0.508. The molecule has 3 N–H and O–H groups in total. The summed E-state index contributed by atoms with van der Waals surface area (Å²) in [6.07, 6.45) is 0.505. The summed E-state index contributed by atoms with van der Waals surface area (Å²) in [7, 11) is 0. The van der Waals surface area contributed by atoms with Crippen LogP contribution in [-0.4, -0.2) is 11.9 Å². The fraction of sp³-hybridized carbons (Fsp3) is 0.136. The summed E-state index contributed by atoms with van der Waals surface area (Å²) in [6, 6.07) is 26.4. The number of rotatable bonds is 7. The topological polar surface area (TPSA) is 64.4 Å². The first-order chi connectivity index (χ1) is 12.7. The molecule has 0 aliphatic carbocycles. The van der Waals surface area contributed by atoms with Crippen molar-refractivity contribution in [1.29, 1.82) is 0 Å². The lowest BCUT2D eigenvalue weighted by Gasteiger charge is -2.13. The van der Waals surface area contributed by atoms with E-state index in [1.807, 2.05) is 84.9 Å². The van der Waals surface area contributed by atoms with Crippen LogP contribution in [0, 0.1) is 0 Å². The highest BCUT2D eigenvalue weighted by atomic mass is 16.5. The molecule has 4 heteroatoms. The van der Waals surface area contributed by atoms with Gasteiger partial charge in [-0.3, -0.25) is 4.79 Å². The average Bonchev–Trinajstić information content (AvgIpc) is 2.69. The Bertz CT molecular complexity index is 818. The maximum absolute atomic E-state index is 12.2. The zero-order valence-electron chi connectivity index (χ0n) is 14.5. The minimum absolute atomic E-state index is 0.202. The van der Waals surface area contributed by atoms with Crippen LogP contribution in [0.3, 0.4) is 0 Å². The second-order valence-electron chi connectivity index (χ2n) is 6.08. The molecule has 0 unspecified atom stereocenters. The van der Waals surface area contributed by atoms with Gasteiger partial charge in [0.15, 0.2) is 0 Å². The number of nitrogens with one attached hydrogen (secondary N) is 1. The Morgan fingerprint density at radius 2 is 1.42 bits per heavy atom. The number of anilines is 1. The average molecular weight is 346 g/mol. The second-order valence-corrected chi connectivity index (χ2v) is 6.08. The smallest absolute Gasteiger partial charge is 0.241 e. The first-order valence-corrected chi connectivity index (χ1v) is 8.58. The fourth-order valence-corrected chi connectivity index (χ4v) is 2.57. The molecule has 3 aromatic carbocycles. The lowest BCUT2D eigenvalue weighted by atomic mass is 10.1. The van der Waals surface area contributed by atoms with Gasteiger partial charge in [0.25, 0.3) is 0 Å². The summed E-state index contributed by atoms with van der Waals surface area (Å²) in [4.78, 5) is 12.2. The van der Waals surface area contributed by atoms with Gasteiger partial charge in [-0.05, 0) is 41.8 Å². The van der Waals surface area contributed by atoms with E-state index in [4.69, 9.17) is 10.5 Å². The molecule has 0 heterocycles. The SMILES string of the molecule is N[C@@H](Cc1ccccc1)C(=O)Nc1ccc(OCc2ccccc2)cc1. The number of nitrogens with two attached hydrogens (primary N) is 1. The number of hydrogen-bond donors (Lipinski definition) is 2. The molecule has 0 bridgehead atoms. The van der Waals surface area contributed by atoms with Gasteiger partial charge in [-0.2, -0.15) is 0 Å². The molecular formula is C22H22N2O2. The van der Waals surface area contributed by atoms with E-state index in [9.17, 15) is 4.79 Å². The van der Waals surface area contributed by atoms with E-state index in [2.05, 4.69) is 5.32 Å². The van der Waals surface area contributed by atoms with Gasteiger partial charge in [-0.25, -0.2) is 0 Å². The van der Waals surface area contributed by atoms with Crippen molar-refractivity contribution in [2.24, 2.45) is 5.73 Å². The number of ether oxygens (including phenoxy) is 1. The third kappa shape index (κ3) is 5.19. The summed E-state index contributed by atoms with van der Waals surface area (Å²) in [5.41, 5.74) is 8.85. The molecule has 3 rings (SSSR count). The minimum Gasteiger partial charge on any atom is -0.489 e. The highest BCUT2D eigenvalue weighted by Crippen LogP contribution is 2.17. The zero-order valence-corrected chi connectivity index (χ0v) is 14.5. The van der Waals surface area contributed by atoms with Gasteiger partial charge in [0.1, 0.15) is 12.4 Å². The number of carbonyl (C=O) groups is 1. The van der Waals surface area contributed by atoms with Crippen LogP contribution >= 0.6 is 0 Å². The second kappa shape index (κ2) is 8.83. The predicted molar refractivity (Wildman–Crippen MR) is 104 cm³/mol. The Balaban J connectivity index is 1.51. The minimum atomic E-state index is -0.591. The van der Waals surface area contributed by atoms with Crippen LogP contribution in [0.5, 0.6) is 5.75 Å². The largest absolute Gasteiger partial charge is 0.489 e. The Morgan fingerprint density at radius 1 is 0.846 bits per heavy atom. The van der Waals surface area contributed by atoms with Gasteiger partial charge >= 0.3 is 0 Å². The van der Waals surface area contributed by atoms with Gasteiger partial charge in [0.05, 0.1) is 6.04 Å². The van der Waals surface area contributed by atoms with E-state index in [-0.39, 0.29) is 5.91 Å². The van der Waals surface area contributed by atoms with Crippen LogP contribution in [0.25, 0.3) is 0 Å². The van der Waals surface area contributed by atoms with E-state index in [1.54, 1.807) is 0 Å². The molecule has 1 amide bonds. The van der Waals surface area contributed by atoms with Crippen LogP contribution in [0.1, 0.15) is 11.1 Å². The van der Waals surface area contributed by atoms with Crippen molar-refractivity contribution < 1.29 is 9.53 Å². The van der Waals surface area contributed by atoms with Crippen LogP contribution in [-0.2, 0) is 17.8 Å². The molecule has 0 radical (unpaired) electrons. The highest BCUT2D eigenvalue weighted by Gasteiger charge is 2.14. The van der Waals surface area contributed by atoms with Crippen molar-refractivity contribution in [3.05, 3.63) is 96.1 Å². The van der Waals surface area contributed by atoms with E-state index in [0.29, 0.717) is 18.7 Å². The first kappa shape index (κ1) is 17.7. The molecule has 3 aromatic rings. The Hall–Kier alpha value is -3.11. The zero-order chi connectivity index (χ0) is 18.2. The molecule has 0 saturated carbocycles.